The zero-order chi connectivity index (χ0) is 22.8. The summed E-state index contributed by atoms with van der Waals surface area (Å²) in [6.07, 6.45) is 1.50. The summed E-state index contributed by atoms with van der Waals surface area (Å²) < 4.78 is 10.6. The van der Waals surface area contributed by atoms with Crippen LogP contribution in [0.15, 0.2) is 99.6 Å². The van der Waals surface area contributed by atoms with Gasteiger partial charge >= 0.3 is 11.9 Å². The number of rotatable bonds is 10. The Kier molecular flexibility index (Phi) is 9.38. The van der Waals surface area contributed by atoms with Gasteiger partial charge in [-0.3, -0.25) is 9.59 Å². The van der Waals surface area contributed by atoms with E-state index < -0.39 is 0 Å². The first-order chi connectivity index (χ1) is 15.5. The molecule has 1 unspecified atom stereocenters. The number of esters is 2. The predicted octanol–water partition coefficient (Wildman–Crippen LogP) is 6.18. The van der Waals surface area contributed by atoms with Gasteiger partial charge in [-0.2, -0.15) is 0 Å². The van der Waals surface area contributed by atoms with E-state index >= 15 is 0 Å². The van der Waals surface area contributed by atoms with Crippen molar-refractivity contribution in [1.82, 2.24) is 0 Å². The van der Waals surface area contributed by atoms with Crippen molar-refractivity contribution >= 4 is 38.8 Å². The van der Waals surface area contributed by atoms with E-state index in [0.717, 1.165) is 4.90 Å². The van der Waals surface area contributed by atoms with Crippen LogP contribution in [0.2, 0.25) is 0 Å². The highest BCUT2D eigenvalue weighted by Gasteiger charge is 2.28. The molecule has 0 saturated carbocycles. The van der Waals surface area contributed by atoms with Crippen LogP contribution in [0.25, 0.3) is 0 Å². The Labute approximate surface area is 200 Å². The molecule has 0 bridgehead atoms. The van der Waals surface area contributed by atoms with Crippen molar-refractivity contribution in [3.05, 3.63) is 84.9 Å². The predicted molar refractivity (Wildman–Crippen MR) is 130 cm³/mol. The molecule has 1 atom stereocenters. The van der Waals surface area contributed by atoms with Gasteiger partial charge in [0.25, 0.3) is 0 Å². The van der Waals surface area contributed by atoms with Gasteiger partial charge < -0.3 is 9.47 Å². The fraction of sp³-hybridized carbons (Fsp3) is 0.231. The number of carbonyl (C=O) groups excluding carboxylic acids is 2. The third-order valence-corrected chi connectivity index (χ3v) is 7.20. The molecule has 3 rings (SSSR count). The third kappa shape index (κ3) is 7.24. The Morgan fingerprint density at radius 2 is 1.34 bits per heavy atom. The molecule has 32 heavy (non-hydrogen) atoms. The molecule has 0 N–H and O–H groups in total. The molecular weight excluding hydrogens is 488 g/mol. The zero-order valence-electron chi connectivity index (χ0n) is 17.9. The first-order valence-electron chi connectivity index (χ1n) is 10.5. The summed E-state index contributed by atoms with van der Waals surface area (Å²) in [6, 6.07) is 28.5. The second-order valence-corrected chi connectivity index (χ2v) is 10.5. The van der Waals surface area contributed by atoms with Crippen LogP contribution < -0.4 is 4.74 Å². The van der Waals surface area contributed by atoms with Crippen molar-refractivity contribution in [2.24, 2.45) is 0 Å². The molecule has 0 aliphatic rings. The summed E-state index contributed by atoms with van der Waals surface area (Å²) >= 11 is 3.16. The molecule has 4 nitrogen and oxygen atoms in total. The quantitative estimate of drug-likeness (QED) is 0.107. The number of carbonyl (C=O) groups is 2. The maximum absolute atomic E-state index is 12.1. The molecule has 0 aromatic heterocycles. The molecule has 0 aliphatic carbocycles. The molecule has 3 aromatic rings. The number of halogens is 1. The van der Waals surface area contributed by atoms with Crippen LogP contribution in [0, 0.1) is 0 Å². The highest BCUT2D eigenvalue weighted by Crippen LogP contribution is 2.31. The zero-order valence-corrected chi connectivity index (χ0v) is 20.3. The van der Waals surface area contributed by atoms with Gasteiger partial charge in [-0.15, -0.1) is 0 Å². The molecule has 0 spiro atoms. The largest absolute Gasteiger partial charge is 0.465 e. The van der Waals surface area contributed by atoms with Gasteiger partial charge in [-0.1, -0.05) is 52.3 Å². The summed E-state index contributed by atoms with van der Waals surface area (Å²) in [6.45, 7) is 2.02. The van der Waals surface area contributed by atoms with Gasteiger partial charge in [0.15, 0.2) is 14.7 Å². The minimum absolute atomic E-state index is 0.235. The van der Waals surface area contributed by atoms with Gasteiger partial charge in [0, 0.05) is 6.42 Å². The van der Waals surface area contributed by atoms with Crippen LogP contribution in [0.3, 0.4) is 0 Å². The number of benzene rings is 3. The molecule has 0 fully saturated rings. The molecule has 0 heterocycles. The van der Waals surface area contributed by atoms with E-state index in [9.17, 15) is 9.59 Å². The van der Waals surface area contributed by atoms with Gasteiger partial charge in [-0.05, 0) is 68.3 Å². The number of unbranched alkanes of at least 4 members (excludes halogenated alkanes) is 1. The van der Waals surface area contributed by atoms with Crippen LogP contribution >= 0.6 is 15.9 Å². The summed E-state index contributed by atoms with van der Waals surface area (Å²) in [4.78, 5) is 26.8. The Bertz CT molecular complexity index is 952. The average molecular weight is 514 g/mol. The molecule has 6 heteroatoms. The van der Waals surface area contributed by atoms with Gasteiger partial charge in [0.05, 0.1) is 17.5 Å². The SMILES string of the molecule is CC(Br)C(=O)OCCCCC(=O)Oc1ccc([S+](c2ccccc2)c2ccccc2)cc1. The minimum atomic E-state index is -0.320. The number of alkyl halides is 1. The monoisotopic (exact) mass is 513 g/mol. The lowest BCUT2D eigenvalue weighted by atomic mass is 10.2. The molecule has 166 valence electrons. The van der Waals surface area contributed by atoms with Gasteiger partial charge in [-0.25, -0.2) is 0 Å². The Hall–Kier alpha value is -2.57. The lowest BCUT2D eigenvalue weighted by molar-refractivity contribution is -0.142. The summed E-state index contributed by atoms with van der Waals surface area (Å²) in [5, 5.41) is 0. The Balaban J connectivity index is 1.57. The highest BCUT2D eigenvalue weighted by molar-refractivity contribution is 9.10. The van der Waals surface area contributed by atoms with Crippen LogP contribution in [0.5, 0.6) is 5.75 Å². The molecule has 0 radical (unpaired) electrons. The van der Waals surface area contributed by atoms with E-state index in [4.69, 9.17) is 9.47 Å². The summed E-state index contributed by atoms with van der Waals surface area (Å²) in [5.74, 6) is -0.0521. The average Bonchev–Trinajstić information content (AvgIpc) is 2.81. The lowest BCUT2D eigenvalue weighted by Crippen LogP contribution is -2.15. The topological polar surface area (TPSA) is 52.6 Å². The van der Waals surface area contributed by atoms with Crippen molar-refractivity contribution in [2.75, 3.05) is 6.61 Å². The summed E-state index contributed by atoms with van der Waals surface area (Å²) in [5.41, 5.74) is 0. The maximum Gasteiger partial charge on any atom is 0.319 e. The first-order valence-corrected chi connectivity index (χ1v) is 12.6. The first kappa shape index (κ1) is 24.1. The van der Waals surface area contributed by atoms with E-state index in [0.29, 0.717) is 25.2 Å². The summed E-state index contributed by atoms with van der Waals surface area (Å²) in [7, 11) is -0.235. The van der Waals surface area contributed by atoms with Crippen LogP contribution in [0.4, 0.5) is 0 Å². The molecular formula is C26H26BrO4S+. The minimum Gasteiger partial charge on any atom is -0.465 e. The van der Waals surface area contributed by atoms with Crippen LogP contribution in [-0.4, -0.2) is 23.4 Å². The second kappa shape index (κ2) is 12.5. The van der Waals surface area contributed by atoms with E-state index in [1.54, 1.807) is 6.92 Å². The molecule has 0 amide bonds. The van der Waals surface area contributed by atoms with Gasteiger partial charge in [0.1, 0.15) is 10.6 Å². The van der Waals surface area contributed by atoms with E-state index in [1.807, 2.05) is 36.4 Å². The fourth-order valence-corrected chi connectivity index (χ4v) is 5.22. The van der Waals surface area contributed by atoms with Crippen molar-refractivity contribution in [1.29, 1.82) is 0 Å². The molecule has 3 aromatic carbocycles. The van der Waals surface area contributed by atoms with E-state index in [1.165, 1.54) is 9.79 Å². The lowest BCUT2D eigenvalue weighted by Gasteiger charge is -2.09. The smallest absolute Gasteiger partial charge is 0.319 e. The van der Waals surface area contributed by atoms with Crippen molar-refractivity contribution < 1.29 is 19.1 Å². The number of ether oxygens (including phenoxy) is 2. The third-order valence-electron chi connectivity index (χ3n) is 4.59. The van der Waals surface area contributed by atoms with Crippen LogP contribution in [0.1, 0.15) is 26.2 Å². The second-order valence-electron chi connectivity index (χ2n) is 7.12. The normalized spacial score (nSPS) is 11.7. The van der Waals surface area contributed by atoms with Crippen LogP contribution in [-0.2, 0) is 25.2 Å². The van der Waals surface area contributed by atoms with Crippen molar-refractivity contribution in [3.8, 4) is 5.75 Å². The van der Waals surface area contributed by atoms with Crippen molar-refractivity contribution in [3.63, 3.8) is 0 Å². The molecule has 0 aliphatic heterocycles. The van der Waals surface area contributed by atoms with Crippen molar-refractivity contribution in [2.45, 2.75) is 45.7 Å². The standard InChI is InChI=1S/C26H26BrO4S/c1-20(27)26(29)30-19-9-8-14-25(28)31-21-15-17-24(18-16-21)32(22-10-4-2-5-11-22)23-12-6-3-7-13-23/h2-7,10-13,15-18,20H,8-9,14,19H2,1H3/q+1. The van der Waals surface area contributed by atoms with E-state index in [-0.39, 0.29) is 34.1 Å². The fourth-order valence-electron chi connectivity index (χ4n) is 3.01. The van der Waals surface area contributed by atoms with E-state index in [2.05, 4.69) is 64.5 Å². The molecule has 0 saturated heterocycles. The Morgan fingerprint density at radius 1 is 0.812 bits per heavy atom. The van der Waals surface area contributed by atoms with Gasteiger partial charge in [0.2, 0.25) is 0 Å². The maximum atomic E-state index is 12.1. The number of hydrogen-bond donors (Lipinski definition) is 0. The highest BCUT2D eigenvalue weighted by atomic mass is 79.9. The number of hydrogen-bond acceptors (Lipinski definition) is 4. The Morgan fingerprint density at radius 3 is 1.88 bits per heavy atom.